The van der Waals surface area contributed by atoms with E-state index in [-0.39, 0.29) is 18.1 Å². The second-order valence-corrected chi connectivity index (χ2v) is 4.90. The van der Waals surface area contributed by atoms with Gasteiger partial charge in [-0.05, 0) is 17.7 Å². The van der Waals surface area contributed by atoms with Crippen LogP contribution >= 0.6 is 28.1 Å². The van der Waals surface area contributed by atoms with Crippen LogP contribution < -0.4 is 16.4 Å². The maximum atomic E-state index is 11.4. The van der Waals surface area contributed by atoms with Crippen molar-refractivity contribution in [2.24, 2.45) is 5.73 Å². The molecule has 1 aromatic rings. The minimum absolute atomic E-state index is 0.0124. The van der Waals surface area contributed by atoms with E-state index < -0.39 is 11.8 Å². The average Bonchev–Trinajstić information content (AvgIpc) is 2.33. The van der Waals surface area contributed by atoms with Crippen LogP contribution in [-0.4, -0.2) is 23.3 Å². The highest BCUT2D eigenvalue weighted by atomic mass is 79.9. The zero-order chi connectivity index (χ0) is 13.5. The third-order valence-corrected chi connectivity index (χ3v) is 2.61. The van der Waals surface area contributed by atoms with Gasteiger partial charge in [-0.1, -0.05) is 40.3 Å². The van der Waals surface area contributed by atoms with Crippen LogP contribution in [0.25, 0.3) is 0 Å². The highest BCUT2D eigenvalue weighted by molar-refractivity contribution is 9.10. The number of halogens is 1. The standard InChI is InChI=1S/C11H12BrN3O2S/c12-8-3-1-2-7(4-8)5-14-10(16)11(17)15-6-9(13)18/h1-4H,5-6H2,(H2,13,18)(H,14,16)(H,15,17). The van der Waals surface area contributed by atoms with Crippen molar-refractivity contribution >= 4 is 45.0 Å². The Balaban J connectivity index is 2.41. The van der Waals surface area contributed by atoms with Crippen molar-refractivity contribution in [2.45, 2.75) is 6.54 Å². The molecule has 96 valence electrons. The molecular weight excluding hydrogens is 318 g/mol. The molecule has 0 aliphatic carbocycles. The summed E-state index contributed by atoms with van der Waals surface area (Å²) >= 11 is 7.90. The number of thiocarbonyl (C=S) groups is 1. The summed E-state index contributed by atoms with van der Waals surface area (Å²) in [6.07, 6.45) is 0. The number of benzene rings is 1. The van der Waals surface area contributed by atoms with Crippen LogP contribution in [-0.2, 0) is 16.1 Å². The predicted molar refractivity (Wildman–Crippen MR) is 75.8 cm³/mol. The van der Waals surface area contributed by atoms with Gasteiger partial charge in [-0.25, -0.2) is 0 Å². The van der Waals surface area contributed by atoms with E-state index in [1.165, 1.54) is 0 Å². The fraction of sp³-hybridized carbons (Fsp3) is 0.182. The van der Waals surface area contributed by atoms with Gasteiger partial charge >= 0.3 is 11.8 Å². The van der Waals surface area contributed by atoms with Crippen molar-refractivity contribution in [1.29, 1.82) is 0 Å². The zero-order valence-corrected chi connectivity index (χ0v) is 11.8. The first-order valence-corrected chi connectivity index (χ1v) is 6.28. The Morgan fingerprint density at radius 2 is 1.94 bits per heavy atom. The number of rotatable bonds is 4. The van der Waals surface area contributed by atoms with E-state index in [1.54, 1.807) is 0 Å². The largest absolute Gasteiger partial charge is 0.392 e. The molecule has 0 bridgehead atoms. The van der Waals surface area contributed by atoms with E-state index in [1.807, 2.05) is 24.3 Å². The summed E-state index contributed by atoms with van der Waals surface area (Å²) in [5.74, 6) is -1.47. The Labute approximate surface area is 118 Å². The molecule has 0 radical (unpaired) electrons. The molecule has 0 fully saturated rings. The van der Waals surface area contributed by atoms with Crippen LogP contribution in [0.15, 0.2) is 28.7 Å². The fourth-order valence-corrected chi connectivity index (χ4v) is 1.68. The lowest BCUT2D eigenvalue weighted by Gasteiger charge is -2.06. The molecule has 5 nitrogen and oxygen atoms in total. The van der Waals surface area contributed by atoms with Gasteiger partial charge in [0.05, 0.1) is 11.5 Å². The number of nitrogens with two attached hydrogens (primary N) is 1. The van der Waals surface area contributed by atoms with Crippen molar-refractivity contribution in [3.63, 3.8) is 0 Å². The molecule has 0 aromatic heterocycles. The number of amides is 2. The molecule has 0 aliphatic rings. The van der Waals surface area contributed by atoms with Crippen molar-refractivity contribution in [1.82, 2.24) is 10.6 Å². The number of nitrogens with one attached hydrogen (secondary N) is 2. The second-order valence-electron chi connectivity index (χ2n) is 3.46. The highest BCUT2D eigenvalue weighted by Gasteiger charge is 2.12. The minimum atomic E-state index is -0.752. The maximum Gasteiger partial charge on any atom is 0.309 e. The van der Waals surface area contributed by atoms with Crippen LogP contribution in [0.3, 0.4) is 0 Å². The van der Waals surface area contributed by atoms with Crippen LogP contribution in [0.5, 0.6) is 0 Å². The molecule has 0 atom stereocenters. The molecule has 2 amide bonds. The zero-order valence-electron chi connectivity index (χ0n) is 9.40. The summed E-state index contributed by atoms with van der Waals surface area (Å²) in [5.41, 5.74) is 6.09. The average molecular weight is 330 g/mol. The Morgan fingerprint density at radius 3 is 2.56 bits per heavy atom. The van der Waals surface area contributed by atoms with Crippen LogP contribution in [0.1, 0.15) is 5.56 Å². The predicted octanol–water partition coefficient (Wildman–Crippen LogP) is 0.468. The number of carbonyl (C=O) groups is 2. The van der Waals surface area contributed by atoms with Gasteiger partial charge in [-0.15, -0.1) is 0 Å². The Bertz CT molecular complexity index is 479. The van der Waals surface area contributed by atoms with E-state index in [9.17, 15) is 9.59 Å². The molecule has 7 heteroatoms. The number of hydrogen-bond donors (Lipinski definition) is 3. The topological polar surface area (TPSA) is 84.2 Å². The number of carbonyl (C=O) groups excluding carboxylic acids is 2. The summed E-state index contributed by atoms with van der Waals surface area (Å²) in [6, 6.07) is 7.42. The van der Waals surface area contributed by atoms with E-state index >= 15 is 0 Å². The van der Waals surface area contributed by atoms with Gasteiger partial charge in [0.1, 0.15) is 0 Å². The third kappa shape index (κ3) is 5.24. The molecule has 1 aromatic carbocycles. The van der Waals surface area contributed by atoms with Crippen molar-refractivity contribution in [2.75, 3.05) is 6.54 Å². The fourth-order valence-electron chi connectivity index (χ4n) is 1.16. The lowest BCUT2D eigenvalue weighted by Crippen LogP contribution is -2.42. The van der Waals surface area contributed by atoms with Gasteiger partial charge in [0, 0.05) is 11.0 Å². The summed E-state index contributed by atoms with van der Waals surface area (Å²) < 4.78 is 0.909. The molecule has 0 spiro atoms. The molecule has 0 unspecified atom stereocenters. The Morgan fingerprint density at radius 1 is 1.28 bits per heavy atom. The van der Waals surface area contributed by atoms with Crippen molar-refractivity contribution in [3.8, 4) is 0 Å². The first kappa shape index (κ1) is 14.6. The van der Waals surface area contributed by atoms with Gasteiger partial charge in [-0.2, -0.15) is 0 Å². The van der Waals surface area contributed by atoms with E-state index in [2.05, 4.69) is 38.8 Å². The highest BCUT2D eigenvalue weighted by Crippen LogP contribution is 2.11. The first-order valence-electron chi connectivity index (χ1n) is 5.08. The Hall–Kier alpha value is -1.47. The monoisotopic (exact) mass is 329 g/mol. The van der Waals surface area contributed by atoms with Crippen LogP contribution in [0, 0.1) is 0 Å². The van der Waals surface area contributed by atoms with Gasteiger partial charge in [0.15, 0.2) is 0 Å². The van der Waals surface area contributed by atoms with Crippen LogP contribution in [0.2, 0.25) is 0 Å². The SMILES string of the molecule is NC(=S)CNC(=O)C(=O)NCc1cccc(Br)c1. The van der Waals surface area contributed by atoms with E-state index in [4.69, 9.17) is 5.73 Å². The summed E-state index contributed by atoms with van der Waals surface area (Å²) in [5, 5.41) is 4.80. The van der Waals surface area contributed by atoms with Gasteiger partial charge in [0.2, 0.25) is 0 Å². The van der Waals surface area contributed by atoms with Gasteiger partial charge in [-0.3, -0.25) is 9.59 Å². The first-order chi connectivity index (χ1) is 8.49. The normalized spacial score (nSPS) is 9.61. The number of hydrogen-bond acceptors (Lipinski definition) is 3. The van der Waals surface area contributed by atoms with E-state index in [0.29, 0.717) is 0 Å². The molecule has 0 aliphatic heterocycles. The molecule has 1 rings (SSSR count). The molecule has 0 saturated carbocycles. The Kier molecular flexibility index (Phi) is 5.73. The summed E-state index contributed by atoms with van der Waals surface area (Å²) in [6.45, 7) is 0.289. The second kappa shape index (κ2) is 7.07. The summed E-state index contributed by atoms with van der Waals surface area (Å²) in [7, 11) is 0. The van der Waals surface area contributed by atoms with E-state index in [0.717, 1.165) is 10.0 Å². The lowest BCUT2D eigenvalue weighted by atomic mass is 10.2. The molecule has 0 saturated heterocycles. The summed E-state index contributed by atoms with van der Waals surface area (Å²) in [4.78, 5) is 22.8. The molecule has 4 N–H and O–H groups in total. The maximum absolute atomic E-state index is 11.4. The minimum Gasteiger partial charge on any atom is -0.392 e. The van der Waals surface area contributed by atoms with Crippen LogP contribution in [0.4, 0.5) is 0 Å². The molecular formula is C11H12BrN3O2S. The van der Waals surface area contributed by atoms with Gasteiger partial charge in [0.25, 0.3) is 0 Å². The van der Waals surface area contributed by atoms with Crippen molar-refractivity contribution < 1.29 is 9.59 Å². The quantitative estimate of drug-likeness (QED) is 0.553. The molecule has 0 heterocycles. The molecule has 18 heavy (non-hydrogen) atoms. The lowest BCUT2D eigenvalue weighted by molar-refractivity contribution is -0.139. The van der Waals surface area contributed by atoms with Gasteiger partial charge < -0.3 is 16.4 Å². The third-order valence-electron chi connectivity index (χ3n) is 1.97. The smallest absolute Gasteiger partial charge is 0.309 e. The van der Waals surface area contributed by atoms with Crippen molar-refractivity contribution in [3.05, 3.63) is 34.3 Å².